The van der Waals surface area contributed by atoms with E-state index in [9.17, 15) is 4.79 Å². The molecule has 0 bridgehead atoms. The van der Waals surface area contributed by atoms with Gasteiger partial charge in [0.05, 0.1) is 0 Å². The average Bonchev–Trinajstić information content (AvgIpc) is 2.45. The highest BCUT2D eigenvalue weighted by Crippen LogP contribution is 2.23. The molecular weight excluding hydrogens is 314 g/mol. The molecule has 0 heterocycles. The van der Waals surface area contributed by atoms with Crippen molar-refractivity contribution < 1.29 is 9.53 Å². The van der Waals surface area contributed by atoms with Gasteiger partial charge in [0.15, 0.2) is 0 Å². The number of hydrogen-bond donors (Lipinski definition) is 1. The minimum Gasteiger partial charge on any atom is -0.370 e. The molecule has 0 aromatic heterocycles. The molecule has 3 nitrogen and oxygen atoms in total. The molecule has 0 unspecified atom stereocenters. The first-order valence-corrected chi connectivity index (χ1v) is 10.8. The molecule has 0 saturated carbocycles. The molecule has 0 spiro atoms. The Kier molecular flexibility index (Phi) is 15.7. The molecule has 0 aromatic rings. The summed E-state index contributed by atoms with van der Waals surface area (Å²) in [6.07, 6.45) is 8.02. The molecule has 0 saturated heterocycles. The van der Waals surface area contributed by atoms with Crippen LogP contribution in [-0.4, -0.2) is 30.8 Å². The largest absolute Gasteiger partial charge is 0.370 e. The van der Waals surface area contributed by atoms with Crippen LogP contribution in [0.5, 0.6) is 0 Å². The lowest BCUT2D eigenvalue weighted by atomic mass is 10.1. The number of carbonyl (C=O) groups is 1. The van der Waals surface area contributed by atoms with Gasteiger partial charge in [-0.05, 0) is 24.7 Å². The van der Waals surface area contributed by atoms with Crippen LogP contribution in [0, 0.1) is 11.8 Å². The highest BCUT2D eigenvalue weighted by Gasteiger charge is 2.00. The van der Waals surface area contributed by atoms with E-state index in [0.717, 1.165) is 12.3 Å². The van der Waals surface area contributed by atoms with E-state index in [1.54, 1.807) is 10.8 Å². The Hall–Kier alpha value is -0.130. The predicted octanol–water partition coefficient (Wildman–Crippen LogP) is 4.89. The van der Waals surface area contributed by atoms with Crippen LogP contribution in [0.2, 0.25) is 0 Å². The van der Waals surface area contributed by atoms with Gasteiger partial charge in [-0.2, -0.15) is 0 Å². The van der Waals surface area contributed by atoms with Gasteiger partial charge in [0.2, 0.25) is 5.91 Å². The smallest absolute Gasteiger partial charge is 0.220 e. The van der Waals surface area contributed by atoms with Crippen molar-refractivity contribution in [2.24, 2.45) is 11.8 Å². The Balaban J connectivity index is 3.23. The van der Waals surface area contributed by atoms with E-state index in [2.05, 4.69) is 39.1 Å². The van der Waals surface area contributed by atoms with E-state index < -0.39 is 0 Å². The molecule has 0 aliphatic heterocycles. The van der Waals surface area contributed by atoms with Crippen molar-refractivity contribution >= 4 is 27.5 Å². The number of hydrogen-bond acceptors (Lipinski definition) is 4. The summed E-state index contributed by atoms with van der Waals surface area (Å²) in [5.74, 6) is 3.34. The van der Waals surface area contributed by atoms with E-state index >= 15 is 0 Å². The highest BCUT2D eigenvalue weighted by atomic mass is 33.1. The van der Waals surface area contributed by atoms with Crippen LogP contribution < -0.4 is 5.32 Å². The third-order valence-electron chi connectivity index (χ3n) is 2.85. The molecule has 0 aromatic carbocycles. The Labute approximate surface area is 144 Å². The van der Waals surface area contributed by atoms with E-state index in [4.69, 9.17) is 4.74 Å². The Morgan fingerprint density at radius 3 is 2.64 bits per heavy atom. The summed E-state index contributed by atoms with van der Waals surface area (Å²) in [6, 6.07) is 0. The van der Waals surface area contributed by atoms with Crippen LogP contribution >= 0.6 is 21.6 Å². The first-order valence-electron chi connectivity index (χ1n) is 8.28. The van der Waals surface area contributed by atoms with Crippen LogP contribution in [0.1, 0.15) is 53.4 Å². The van der Waals surface area contributed by atoms with Crippen LogP contribution in [0.4, 0.5) is 0 Å². The Morgan fingerprint density at radius 2 is 1.95 bits per heavy atom. The number of allylic oxidation sites excluding steroid dienone is 1. The van der Waals surface area contributed by atoms with Gasteiger partial charge in [-0.15, -0.1) is 0 Å². The highest BCUT2D eigenvalue weighted by molar-refractivity contribution is 8.76. The molecule has 0 fully saturated rings. The van der Waals surface area contributed by atoms with Gasteiger partial charge in [-0.3, -0.25) is 4.79 Å². The lowest BCUT2D eigenvalue weighted by Gasteiger charge is -2.05. The fourth-order valence-corrected chi connectivity index (χ4v) is 3.44. The summed E-state index contributed by atoms with van der Waals surface area (Å²) in [5.41, 5.74) is 0. The molecule has 22 heavy (non-hydrogen) atoms. The summed E-state index contributed by atoms with van der Waals surface area (Å²) in [4.78, 5) is 11.5. The van der Waals surface area contributed by atoms with Gasteiger partial charge in [0.1, 0.15) is 5.94 Å². The molecule has 0 radical (unpaired) electrons. The molecule has 1 N–H and O–H groups in total. The molecule has 0 rings (SSSR count). The van der Waals surface area contributed by atoms with Crippen LogP contribution in [0.3, 0.4) is 0 Å². The van der Waals surface area contributed by atoms with Crippen molar-refractivity contribution in [1.29, 1.82) is 0 Å². The van der Waals surface area contributed by atoms with Gasteiger partial charge in [0.25, 0.3) is 0 Å². The maximum Gasteiger partial charge on any atom is 0.220 e. The lowest BCUT2D eigenvalue weighted by Crippen LogP contribution is -2.23. The van der Waals surface area contributed by atoms with Crippen LogP contribution in [0.15, 0.2) is 12.2 Å². The quantitative estimate of drug-likeness (QED) is 0.210. The van der Waals surface area contributed by atoms with E-state index in [-0.39, 0.29) is 5.91 Å². The van der Waals surface area contributed by atoms with Gasteiger partial charge >= 0.3 is 0 Å². The fourth-order valence-electron chi connectivity index (χ4n) is 1.67. The monoisotopic (exact) mass is 347 g/mol. The third-order valence-corrected chi connectivity index (χ3v) is 5.03. The van der Waals surface area contributed by atoms with Crippen molar-refractivity contribution in [3.63, 3.8) is 0 Å². The topological polar surface area (TPSA) is 38.3 Å². The summed E-state index contributed by atoms with van der Waals surface area (Å²) >= 11 is 0. The third kappa shape index (κ3) is 17.9. The van der Waals surface area contributed by atoms with Crippen molar-refractivity contribution in [2.75, 3.05) is 24.8 Å². The normalized spacial score (nSPS) is 11.7. The van der Waals surface area contributed by atoms with Crippen molar-refractivity contribution in [1.82, 2.24) is 5.32 Å². The molecule has 1 amide bonds. The predicted molar refractivity (Wildman–Crippen MR) is 101 cm³/mol. The zero-order chi connectivity index (χ0) is 16.6. The minimum absolute atomic E-state index is 0.104. The maximum atomic E-state index is 11.5. The van der Waals surface area contributed by atoms with Gasteiger partial charge < -0.3 is 10.1 Å². The first kappa shape index (κ1) is 21.9. The number of amides is 1. The summed E-state index contributed by atoms with van der Waals surface area (Å²) in [6.45, 7) is 10.1. The maximum absolute atomic E-state index is 11.5. The summed E-state index contributed by atoms with van der Waals surface area (Å²) < 4.78 is 5.52. The number of rotatable bonds is 14. The standard InChI is InChI=1S/C17H33NO2S2/c1-15(2)8-5-11-18-17(19)10-6-12-20-14-22-21-13-7-9-16(3)4/h5,8,15-16H,6-7,9-14H2,1-4H3,(H,18,19)/b8-5+. The zero-order valence-corrected chi connectivity index (χ0v) is 16.2. The molecule has 0 aliphatic rings. The van der Waals surface area contributed by atoms with E-state index in [0.29, 0.717) is 31.4 Å². The molecule has 5 heteroatoms. The second-order valence-corrected chi connectivity index (χ2v) is 8.61. The Bertz CT molecular complexity index is 294. The molecule has 0 atom stereocenters. The lowest BCUT2D eigenvalue weighted by molar-refractivity contribution is -0.121. The van der Waals surface area contributed by atoms with Gasteiger partial charge in [-0.25, -0.2) is 0 Å². The second-order valence-electron chi connectivity index (χ2n) is 6.08. The zero-order valence-electron chi connectivity index (χ0n) is 14.6. The van der Waals surface area contributed by atoms with E-state index in [1.807, 2.05) is 16.9 Å². The summed E-state index contributed by atoms with van der Waals surface area (Å²) in [7, 11) is 3.65. The molecular formula is C17H33NO2S2. The fraction of sp³-hybridized carbons (Fsp3) is 0.824. The Morgan fingerprint density at radius 1 is 1.18 bits per heavy atom. The second kappa shape index (κ2) is 15.8. The first-order chi connectivity index (χ1) is 10.5. The van der Waals surface area contributed by atoms with Crippen molar-refractivity contribution in [3.8, 4) is 0 Å². The number of carbonyl (C=O) groups excluding carboxylic acids is 1. The van der Waals surface area contributed by atoms with E-state index in [1.165, 1.54) is 18.6 Å². The SMILES string of the molecule is CC(C)/C=C/CNC(=O)CCCOCSSCCCC(C)C. The van der Waals surface area contributed by atoms with Gasteiger partial charge in [0, 0.05) is 25.3 Å². The van der Waals surface area contributed by atoms with Crippen molar-refractivity contribution in [3.05, 3.63) is 12.2 Å². The van der Waals surface area contributed by atoms with Crippen LogP contribution in [0.25, 0.3) is 0 Å². The molecule has 0 aliphatic carbocycles. The number of ether oxygens (including phenoxy) is 1. The van der Waals surface area contributed by atoms with Gasteiger partial charge in [-0.1, -0.05) is 67.9 Å². The number of nitrogens with one attached hydrogen (secondary N) is 1. The minimum atomic E-state index is 0.104. The summed E-state index contributed by atoms with van der Waals surface area (Å²) in [5, 5.41) is 2.88. The van der Waals surface area contributed by atoms with Crippen molar-refractivity contribution in [2.45, 2.75) is 53.4 Å². The van der Waals surface area contributed by atoms with Crippen LogP contribution in [-0.2, 0) is 9.53 Å². The average molecular weight is 348 g/mol. The molecule has 130 valence electrons.